The molecule has 2 rings (SSSR count). The Morgan fingerprint density at radius 2 is 1.50 bits per heavy atom. The fourth-order valence-corrected chi connectivity index (χ4v) is 3.67. The molecule has 0 aliphatic carbocycles. The van der Waals surface area contributed by atoms with E-state index < -0.39 is 39.6 Å². The van der Waals surface area contributed by atoms with Gasteiger partial charge in [-0.1, -0.05) is 48.5 Å². The Hall–Kier alpha value is -2.71. The van der Waals surface area contributed by atoms with E-state index in [-0.39, 0.29) is 11.3 Å². The molecule has 0 fully saturated rings. The van der Waals surface area contributed by atoms with Crippen LogP contribution in [0.25, 0.3) is 0 Å². The number of sulfone groups is 1. The fourth-order valence-electron chi connectivity index (χ4n) is 2.31. The number of aliphatic hydroxyl groups is 1. The van der Waals surface area contributed by atoms with E-state index in [1.807, 2.05) is 0 Å². The number of amides is 1. The SMILES string of the molecule is O=C(O)[C@H](CCS(=O)(=O)c1ccccc1)NC(=O)[C@@H](O)c1ccccc1. The van der Waals surface area contributed by atoms with Crippen LogP contribution in [0, 0.1) is 0 Å². The number of carboxylic acids is 1. The van der Waals surface area contributed by atoms with Crippen molar-refractivity contribution in [2.45, 2.75) is 23.5 Å². The minimum Gasteiger partial charge on any atom is -0.480 e. The molecule has 0 aliphatic heterocycles. The minimum atomic E-state index is -3.67. The monoisotopic (exact) mass is 377 g/mol. The average molecular weight is 377 g/mol. The zero-order chi connectivity index (χ0) is 19.2. The summed E-state index contributed by atoms with van der Waals surface area (Å²) >= 11 is 0. The number of carbonyl (C=O) groups is 2. The lowest BCUT2D eigenvalue weighted by atomic mass is 10.1. The van der Waals surface area contributed by atoms with E-state index in [9.17, 15) is 28.2 Å². The topological polar surface area (TPSA) is 121 Å². The Morgan fingerprint density at radius 3 is 2.04 bits per heavy atom. The second-order valence-corrected chi connectivity index (χ2v) is 7.74. The molecule has 26 heavy (non-hydrogen) atoms. The van der Waals surface area contributed by atoms with E-state index in [0.717, 1.165) is 0 Å². The van der Waals surface area contributed by atoms with Crippen LogP contribution in [-0.4, -0.2) is 42.3 Å². The van der Waals surface area contributed by atoms with E-state index in [0.29, 0.717) is 5.56 Å². The number of nitrogens with one attached hydrogen (secondary N) is 1. The summed E-state index contributed by atoms with van der Waals surface area (Å²) in [5, 5.41) is 21.4. The molecule has 0 heterocycles. The highest BCUT2D eigenvalue weighted by Crippen LogP contribution is 2.14. The molecular formula is C18H19NO6S. The van der Waals surface area contributed by atoms with Gasteiger partial charge in [0.05, 0.1) is 10.6 Å². The predicted molar refractivity (Wildman–Crippen MR) is 94.1 cm³/mol. The van der Waals surface area contributed by atoms with Crippen molar-refractivity contribution in [2.24, 2.45) is 0 Å². The fraction of sp³-hybridized carbons (Fsp3) is 0.222. The van der Waals surface area contributed by atoms with Gasteiger partial charge in [-0.05, 0) is 24.1 Å². The maximum Gasteiger partial charge on any atom is 0.326 e. The highest BCUT2D eigenvalue weighted by Gasteiger charge is 2.27. The van der Waals surface area contributed by atoms with E-state index >= 15 is 0 Å². The third-order valence-electron chi connectivity index (χ3n) is 3.76. The number of hydrogen-bond donors (Lipinski definition) is 3. The second-order valence-electron chi connectivity index (χ2n) is 5.63. The summed E-state index contributed by atoms with van der Waals surface area (Å²) in [5.74, 6) is -2.72. The lowest BCUT2D eigenvalue weighted by molar-refractivity contribution is -0.143. The van der Waals surface area contributed by atoms with Crippen LogP contribution in [0.15, 0.2) is 65.6 Å². The summed E-state index contributed by atoms with van der Waals surface area (Å²) in [6.45, 7) is 0. The van der Waals surface area contributed by atoms with Crippen LogP contribution in [0.3, 0.4) is 0 Å². The number of carboxylic acid groups (broad SMARTS) is 1. The minimum absolute atomic E-state index is 0.0831. The first-order valence-corrected chi connectivity index (χ1v) is 9.50. The van der Waals surface area contributed by atoms with Gasteiger partial charge in [-0.15, -0.1) is 0 Å². The normalized spacial score (nSPS) is 13.6. The van der Waals surface area contributed by atoms with Crippen molar-refractivity contribution in [1.29, 1.82) is 0 Å². The Bertz CT molecular complexity index is 852. The van der Waals surface area contributed by atoms with E-state index in [1.54, 1.807) is 36.4 Å². The van der Waals surface area contributed by atoms with Gasteiger partial charge in [0.1, 0.15) is 6.04 Å². The Balaban J connectivity index is 2.03. The van der Waals surface area contributed by atoms with Crippen LogP contribution in [0.5, 0.6) is 0 Å². The largest absolute Gasteiger partial charge is 0.480 e. The number of benzene rings is 2. The molecule has 2 aromatic rings. The Labute approximate surface area is 151 Å². The second kappa shape index (κ2) is 8.59. The first-order valence-electron chi connectivity index (χ1n) is 7.85. The van der Waals surface area contributed by atoms with Crippen LogP contribution >= 0.6 is 0 Å². The van der Waals surface area contributed by atoms with Crippen molar-refractivity contribution < 1.29 is 28.2 Å². The van der Waals surface area contributed by atoms with Gasteiger partial charge in [-0.25, -0.2) is 13.2 Å². The third kappa shape index (κ3) is 5.14. The van der Waals surface area contributed by atoms with Crippen molar-refractivity contribution in [3.05, 3.63) is 66.2 Å². The molecular weight excluding hydrogens is 358 g/mol. The van der Waals surface area contributed by atoms with Crippen LogP contribution < -0.4 is 5.32 Å². The molecule has 0 aliphatic rings. The molecule has 0 bridgehead atoms. The molecule has 0 saturated heterocycles. The quantitative estimate of drug-likeness (QED) is 0.635. The molecule has 0 radical (unpaired) electrons. The molecule has 0 unspecified atom stereocenters. The van der Waals surface area contributed by atoms with Crippen molar-refractivity contribution in [3.63, 3.8) is 0 Å². The molecule has 7 nitrogen and oxygen atoms in total. The Kier molecular flexibility index (Phi) is 6.48. The maximum atomic E-state index is 12.2. The molecule has 8 heteroatoms. The molecule has 3 N–H and O–H groups in total. The predicted octanol–water partition coefficient (Wildman–Crippen LogP) is 1.15. The van der Waals surface area contributed by atoms with Crippen LogP contribution in [0.1, 0.15) is 18.1 Å². The summed E-state index contributed by atoms with van der Waals surface area (Å²) in [7, 11) is -3.67. The van der Waals surface area contributed by atoms with Gasteiger partial charge in [-0.3, -0.25) is 4.79 Å². The highest BCUT2D eigenvalue weighted by molar-refractivity contribution is 7.91. The zero-order valence-electron chi connectivity index (χ0n) is 13.8. The van der Waals surface area contributed by atoms with Crippen LogP contribution in [0.2, 0.25) is 0 Å². The first-order chi connectivity index (χ1) is 12.3. The smallest absolute Gasteiger partial charge is 0.326 e. The molecule has 138 valence electrons. The standard InChI is InChI=1S/C18H19NO6S/c20-16(13-7-3-1-4-8-13)17(21)19-15(18(22)23)11-12-26(24,25)14-9-5-2-6-10-14/h1-10,15-16,20H,11-12H2,(H,19,21)(H,22,23)/t15-,16-/m0/s1. The van der Waals surface area contributed by atoms with Crippen molar-refractivity contribution in [3.8, 4) is 0 Å². The van der Waals surface area contributed by atoms with E-state index in [4.69, 9.17) is 0 Å². The van der Waals surface area contributed by atoms with Gasteiger partial charge >= 0.3 is 5.97 Å². The summed E-state index contributed by atoms with van der Waals surface area (Å²) < 4.78 is 24.5. The van der Waals surface area contributed by atoms with Gasteiger partial charge < -0.3 is 15.5 Å². The number of rotatable bonds is 8. The lowest BCUT2D eigenvalue weighted by Crippen LogP contribution is -2.44. The third-order valence-corrected chi connectivity index (χ3v) is 5.52. The summed E-state index contributed by atoms with van der Waals surface area (Å²) in [5.41, 5.74) is 0.311. The summed E-state index contributed by atoms with van der Waals surface area (Å²) in [6, 6.07) is 14.2. The van der Waals surface area contributed by atoms with Gasteiger partial charge in [0.2, 0.25) is 0 Å². The molecule has 0 saturated carbocycles. The van der Waals surface area contributed by atoms with Gasteiger partial charge in [-0.2, -0.15) is 0 Å². The lowest BCUT2D eigenvalue weighted by Gasteiger charge is -2.17. The van der Waals surface area contributed by atoms with Gasteiger partial charge in [0.15, 0.2) is 15.9 Å². The maximum absolute atomic E-state index is 12.2. The van der Waals surface area contributed by atoms with E-state index in [2.05, 4.69) is 5.32 Å². The van der Waals surface area contributed by atoms with Gasteiger partial charge in [0, 0.05) is 0 Å². The van der Waals surface area contributed by atoms with Crippen molar-refractivity contribution in [2.75, 3.05) is 5.75 Å². The molecule has 0 spiro atoms. The number of carbonyl (C=O) groups excluding carboxylic acids is 1. The molecule has 2 aromatic carbocycles. The van der Waals surface area contributed by atoms with Gasteiger partial charge in [0.25, 0.3) is 5.91 Å². The number of hydrogen-bond acceptors (Lipinski definition) is 5. The zero-order valence-corrected chi connectivity index (χ0v) is 14.6. The first kappa shape index (κ1) is 19.6. The molecule has 2 atom stereocenters. The number of aliphatic hydroxyl groups excluding tert-OH is 1. The average Bonchev–Trinajstić information content (AvgIpc) is 2.65. The van der Waals surface area contributed by atoms with Crippen molar-refractivity contribution in [1.82, 2.24) is 5.32 Å². The van der Waals surface area contributed by atoms with Crippen molar-refractivity contribution >= 4 is 21.7 Å². The van der Waals surface area contributed by atoms with Crippen LogP contribution in [0.4, 0.5) is 0 Å². The van der Waals surface area contributed by atoms with Crippen LogP contribution in [-0.2, 0) is 19.4 Å². The number of aliphatic carboxylic acids is 1. The highest BCUT2D eigenvalue weighted by atomic mass is 32.2. The summed E-state index contributed by atoms with van der Waals surface area (Å²) in [6.07, 6.45) is -1.86. The summed E-state index contributed by atoms with van der Waals surface area (Å²) in [4.78, 5) is 23.5. The molecule has 1 amide bonds. The Morgan fingerprint density at radius 1 is 0.962 bits per heavy atom. The van der Waals surface area contributed by atoms with E-state index in [1.165, 1.54) is 24.3 Å². The molecule has 0 aromatic heterocycles.